The number of halogens is 1. The van der Waals surface area contributed by atoms with Gasteiger partial charge in [-0.3, -0.25) is 9.48 Å². The molecule has 0 atom stereocenters. The lowest BCUT2D eigenvalue weighted by Gasteiger charge is -2.05. The fraction of sp³-hybridized carbons (Fsp3) is 0.143. The van der Waals surface area contributed by atoms with Crippen molar-refractivity contribution >= 4 is 17.6 Å². The number of nitrogens with zero attached hydrogens (tertiary/aromatic N) is 3. The van der Waals surface area contributed by atoms with Crippen LogP contribution in [0.4, 0.5) is 4.39 Å². The van der Waals surface area contributed by atoms with Crippen LogP contribution in [0.2, 0.25) is 0 Å². The van der Waals surface area contributed by atoms with Crippen molar-refractivity contribution in [3.63, 3.8) is 0 Å². The molecule has 0 saturated carbocycles. The summed E-state index contributed by atoms with van der Waals surface area (Å²) in [5, 5.41) is 27.8. The summed E-state index contributed by atoms with van der Waals surface area (Å²) >= 11 is 0. The fourth-order valence-corrected chi connectivity index (χ4v) is 2.89. The molecule has 0 radical (unpaired) electrons. The first-order chi connectivity index (χ1) is 14.2. The molecule has 154 valence electrons. The summed E-state index contributed by atoms with van der Waals surface area (Å²) in [6.07, 6.45) is 0. The van der Waals surface area contributed by atoms with Gasteiger partial charge in [0.2, 0.25) is 0 Å². The van der Waals surface area contributed by atoms with E-state index < -0.39 is 11.9 Å². The van der Waals surface area contributed by atoms with Gasteiger partial charge in [0, 0.05) is 18.2 Å². The van der Waals surface area contributed by atoms with Crippen molar-refractivity contribution < 1.29 is 24.2 Å². The third-order valence-electron chi connectivity index (χ3n) is 4.52. The maximum Gasteiger partial charge on any atom is 0.335 e. The molecule has 1 amide bonds. The Labute approximate surface area is 171 Å². The number of nitrogens with one attached hydrogen (secondary N) is 1. The number of amides is 1. The molecular weight excluding hydrogens is 391 g/mol. The summed E-state index contributed by atoms with van der Waals surface area (Å²) in [5.41, 5.74) is 4.46. The number of hydrogen-bond acceptors (Lipinski definition) is 5. The van der Waals surface area contributed by atoms with Crippen molar-refractivity contribution in [3.8, 4) is 17.0 Å². The third-order valence-corrected chi connectivity index (χ3v) is 4.52. The van der Waals surface area contributed by atoms with Gasteiger partial charge < -0.3 is 10.2 Å². The van der Waals surface area contributed by atoms with Crippen molar-refractivity contribution in [1.82, 2.24) is 15.2 Å². The third kappa shape index (κ3) is 4.04. The Balaban J connectivity index is 1.83. The van der Waals surface area contributed by atoms with Crippen LogP contribution in [-0.4, -0.2) is 37.6 Å². The molecule has 3 N–H and O–H groups in total. The molecule has 1 heterocycles. The van der Waals surface area contributed by atoms with E-state index in [0.29, 0.717) is 16.8 Å². The van der Waals surface area contributed by atoms with E-state index in [9.17, 15) is 19.1 Å². The Morgan fingerprint density at radius 3 is 2.37 bits per heavy atom. The zero-order valence-corrected chi connectivity index (χ0v) is 16.5. The van der Waals surface area contributed by atoms with Crippen LogP contribution in [0.5, 0.6) is 5.75 Å². The lowest BCUT2D eigenvalue weighted by Crippen LogP contribution is -2.19. The maximum atomic E-state index is 13.6. The number of carboxylic acid groups (broad SMARTS) is 1. The average Bonchev–Trinajstić information content (AvgIpc) is 3.02. The van der Waals surface area contributed by atoms with E-state index in [0.717, 1.165) is 0 Å². The quantitative estimate of drug-likeness (QED) is 0.441. The van der Waals surface area contributed by atoms with Crippen molar-refractivity contribution in [3.05, 3.63) is 70.7 Å². The summed E-state index contributed by atoms with van der Waals surface area (Å²) in [7, 11) is 1.63. The molecule has 0 bridgehead atoms. The van der Waals surface area contributed by atoms with Crippen LogP contribution in [0.25, 0.3) is 11.3 Å². The van der Waals surface area contributed by atoms with Gasteiger partial charge in [-0.25, -0.2) is 14.6 Å². The molecule has 0 aliphatic heterocycles. The number of carboxylic acids is 1. The minimum atomic E-state index is -1.09. The number of aromatic nitrogens is 2. The number of rotatable bonds is 5. The standard InChI is InChI=1S/C21H19FN4O4/c1-11-10-15(8-9-16(11)22)18-19(27)17(25-26(18)3)12(2)23-24-20(28)13-4-6-14(7-5-13)21(29)30/h4-10,27H,1-3H3,(H,24,28)(H,29,30)/b23-12+. The van der Waals surface area contributed by atoms with Gasteiger partial charge in [0.1, 0.15) is 11.5 Å². The predicted molar refractivity (Wildman–Crippen MR) is 108 cm³/mol. The molecule has 8 nitrogen and oxygen atoms in total. The maximum absolute atomic E-state index is 13.6. The minimum Gasteiger partial charge on any atom is -0.504 e. The molecule has 3 rings (SSSR count). The summed E-state index contributed by atoms with van der Waals surface area (Å²) in [6.45, 7) is 3.19. The number of aromatic carboxylic acids is 1. The van der Waals surface area contributed by atoms with E-state index in [1.165, 1.54) is 41.1 Å². The Morgan fingerprint density at radius 2 is 1.77 bits per heavy atom. The molecule has 2 aromatic carbocycles. The van der Waals surface area contributed by atoms with Crippen LogP contribution in [0.15, 0.2) is 47.6 Å². The molecular formula is C21H19FN4O4. The first kappa shape index (κ1) is 20.7. The van der Waals surface area contributed by atoms with Crippen LogP contribution in [-0.2, 0) is 7.05 Å². The van der Waals surface area contributed by atoms with Crippen LogP contribution in [0.3, 0.4) is 0 Å². The van der Waals surface area contributed by atoms with E-state index in [4.69, 9.17) is 5.11 Å². The normalized spacial score (nSPS) is 11.4. The zero-order chi connectivity index (χ0) is 22.0. The number of carbonyl (C=O) groups excluding carboxylic acids is 1. The van der Waals surface area contributed by atoms with Gasteiger partial charge in [-0.05, 0) is 61.9 Å². The topological polar surface area (TPSA) is 117 Å². The van der Waals surface area contributed by atoms with Crippen molar-refractivity contribution in [2.45, 2.75) is 13.8 Å². The summed E-state index contributed by atoms with van der Waals surface area (Å²) < 4.78 is 15.0. The highest BCUT2D eigenvalue weighted by Crippen LogP contribution is 2.33. The molecule has 0 fully saturated rings. The minimum absolute atomic E-state index is 0.0631. The molecule has 9 heteroatoms. The van der Waals surface area contributed by atoms with Crippen LogP contribution in [0, 0.1) is 12.7 Å². The van der Waals surface area contributed by atoms with Crippen LogP contribution >= 0.6 is 0 Å². The molecule has 0 aliphatic rings. The SMILES string of the molecule is C/C(=N\NC(=O)c1ccc(C(=O)O)cc1)c1nn(C)c(-c2ccc(F)c(C)c2)c1O. The van der Waals surface area contributed by atoms with Crippen LogP contribution in [0.1, 0.15) is 38.9 Å². The van der Waals surface area contributed by atoms with Gasteiger partial charge in [-0.15, -0.1) is 0 Å². The van der Waals surface area contributed by atoms with Gasteiger partial charge in [-0.2, -0.15) is 10.2 Å². The zero-order valence-electron chi connectivity index (χ0n) is 16.5. The van der Waals surface area contributed by atoms with Gasteiger partial charge in [-0.1, -0.05) is 0 Å². The number of carbonyl (C=O) groups is 2. The highest BCUT2D eigenvalue weighted by atomic mass is 19.1. The predicted octanol–water partition coefficient (Wildman–Crippen LogP) is 3.09. The van der Waals surface area contributed by atoms with E-state index >= 15 is 0 Å². The Hall–Kier alpha value is -4.01. The molecule has 3 aromatic rings. The Morgan fingerprint density at radius 1 is 1.13 bits per heavy atom. The number of hydrazone groups is 1. The van der Waals surface area contributed by atoms with E-state index in [-0.39, 0.29) is 34.1 Å². The Bertz CT molecular complexity index is 1170. The van der Waals surface area contributed by atoms with Crippen molar-refractivity contribution in [2.75, 3.05) is 0 Å². The highest BCUT2D eigenvalue weighted by molar-refractivity contribution is 6.02. The van der Waals surface area contributed by atoms with Gasteiger partial charge >= 0.3 is 5.97 Å². The summed E-state index contributed by atoms with van der Waals surface area (Å²) in [6, 6.07) is 9.83. The van der Waals surface area contributed by atoms with E-state index in [2.05, 4.69) is 15.6 Å². The number of aromatic hydroxyl groups is 1. The first-order valence-electron chi connectivity index (χ1n) is 8.90. The Kier molecular flexibility index (Phi) is 5.63. The van der Waals surface area contributed by atoms with Gasteiger partial charge in [0.25, 0.3) is 5.91 Å². The molecule has 30 heavy (non-hydrogen) atoms. The second-order valence-electron chi connectivity index (χ2n) is 6.65. The van der Waals surface area contributed by atoms with E-state index in [1.807, 2.05) is 0 Å². The second kappa shape index (κ2) is 8.16. The molecule has 0 unspecified atom stereocenters. The lowest BCUT2D eigenvalue weighted by molar-refractivity contribution is 0.0696. The van der Waals surface area contributed by atoms with Crippen LogP contribution < -0.4 is 5.43 Å². The highest BCUT2D eigenvalue weighted by Gasteiger charge is 2.20. The van der Waals surface area contributed by atoms with E-state index in [1.54, 1.807) is 27.0 Å². The molecule has 0 saturated heterocycles. The van der Waals surface area contributed by atoms with Gasteiger partial charge in [0.15, 0.2) is 11.4 Å². The average molecular weight is 410 g/mol. The monoisotopic (exact) mass is 410 g/mol. The molecule has 0 aliphatic carbocycles. The molecule has 0 spiro atoms. The fourth-order valence-electron chi connectivity index (χ4n) is 2.89. The second-order valence-corrected chi connectivity index (χ2v) is 6.65. The van der Waals surface area contributed by atoms with Crippen molar-refractivity contribution in [1.29, 1.82) is 0 Å². The molecule has 1 aromatic heterocycles. The van der Waals surface area contributed by atoms with Crippen molar-refractivity contribution in [2.24, 2.45) is 12.1 Å². The number of hydrogen-bond donors (Lipinski definition) is 3. The largest absolute Gasteiger partial charge is 0.504 e. The number of aryl methyl sites for hydroxylation is 2. The smallest absolute Gasteiger partial charge is 0.335 e. The van der Waals surface area contributed by atoms with Gasteiger partial charge in [0.05, 0.1) is 11.3 Å². The summed E-state index contributed by atoms with van der Waals surface area (Å²) in [4.78, 5) is 23.1. The first-order valence-corrected chi connectivity index (χ1v) is 8.90. The summed E-state index contributed by atoms with van der Waals surface area (Å²) in [5.74, 6) is -2.13. The number of benzene rings is 2. The lowest BCUT2D eigenvalue weighted by atomic mass is 10.1.